The Morgan fingerprint density at radius 2 is 2.00 bits per heavy atom. The van der Waals surface area contributed by atoms with Crippen molar-refractivity contribution in [2.75, 3.05) is 14.1 Å². The molecule has 0 aromatic carbocycles. The van der Waals surface area contributed by atoms with E-state index >= 15 is 0 Å². The van der Waals surface area contributed by atoms with E-state index in [1.807, 2.05) is 0 Å². The molecule has 0 radical (unpaired) electrons. The van der Waals surface area contributed by atoms with Gasteiger partial charge in [0.1, 0.15) is 0 Å². The van der Waals surface area contributed by atoms with Crippen LogP contribution in [0.3, 0.4) is 0 Å². The van der Waals surface area contributed by atoms with Crippen molar-refractivity contribution in [3.63, 3.8) is 0 Å². The van der Waals surface area contributed by atoms with E-state index in [0.717, 1.165) is 0 Å². The monoisotopic (exact) mass is 175 g/mol. The van der Waals surface area contributed by atoms with Gasteiger partial charge in [0, 0.05) is 7.05 Å². The number of rotatable bonds is 4. The van der Waals surface area contributed by atoms with E-state index in [1.165, 1.54) is 12.5 Å². The van der Waals surface area contributed by atoms with E-state index < -0.39 is 11.9 Å². The number of amides is 2. The lowest BCUT2D eigenvalue weighted by Crippen LogP contribution is -2.44. The summed E-state index contributed by atoms with van der Waals surface area (Å²) in [6, 6.07) is -0.609. The maximum absolute atomic E-state index is 11.0. The van der Waals surface area contributed by atoms with Crippen LogP contribution in [0.25, 0.3) is 0 Å². The van der Waals surface area contributed by atoms with Crippen molar-refractivity contribution in [1.82, 2.24) is 16.1 Å². The first-order chi connectivity index (χ1) is 5.65. The molecule has 0 aromatic heterocycles. The summed E-state index contributed by atoms with van der Waals surface area (Å²) in [7, 11) is 3.04. The van der Waals surface area contributed by atoms with Crippen molar-refractivity contribution < 1.29 is 14.8 Å². The summed E-state index contributed by atoms with van der Waals surface area (Å²) in [6.07, 6.45) is -0.0906. The summed E-state index contributed by atoms with van der Waals surface area (Å²) in [5.41, 5.74) is 1.45. The standard InChI is InChI=1S/C6H13N3O3/c1-7-4(6(11)8-2)3-5(10)9-12/h4,7,12H,3H2,1-2H3,(H,8,11)(H,9,10)/t4-/m0/s1. The number of hydrogen-bond acceptors (Lipinski definition) is 4. The topological polar surface area (TPSA) is 90.5 Å². The summed E-state index contributed by atoms with van der Waals surface area (Å²) in [5.74, 6) is -0.890. The number of nitrogens with one attached hydrogen (secondary N) is 3. The van der Waals surface area contributed by atoms with Gasteiger partial charge in [0.2, 0.25) is 11.8 Å². The van der Waals surface area contributed by atoms with Crippen molar-refractivity contribution in [3.8, 4) is 0 Å². The lowest BCUT2D eigenvalue weighted by molar-refractivity contribution is -0.133. The van der Waals surface area contributed by atoms with Crippen LogP contribution in [0.4, 0.5) is 0 Å². The Hall–Kier alpha value is -1.14. The highest BCUT2D eigenvalue weighted by Gasteiger charge is 2.17. The molecule has 0 fully saturated rings. The van der Waals surface area contributed by atoms with E-state index in [2.05, 4.69) is 10.6 Å². The third kappa shape index (κ3) is 3.31. The maximum Gasteiger partial charge on any atom is 0.245 e. The van der Waals surface area contributed by atoms with Crippen LogP contribution < -0.4 is 16.1 Å². The van der Waals surface area contributed by atoms with Crippen LogP contribution in [0.1, 0.15) is 6.42 Å². The van der Waals surface area contributed by atoms with Crippen LogP contribution in [0.5, 0.6) is 0 Å². The van der Waals surface area contributed by atoms with Crippen LogP contribution in [0, 0.1) is 0 Å². The van der Waals surface area contributed by atoms with Crippen molar-refractivity contribution >= 4 is 11.8 Å². The minimum absolute atomic E-state index is 0.0906. The summed E-state index contributed by atoms with van der Waals surface area (Å²) in [4.78, 5) is 21.6. The van der Waals surface area contributed by atoms with Crippen LogP contribution in [-0.2, 0) is 9.59 Å². The SMILES string of the molecule is CNC(=O)[C@H](CC(=O)NO)NC. The van der Waals surface area contributed by atoms with Crippen LogP contribution in [0.2, 0.25) is 0 Å². The minimum atomic E-state index is -0.609. The summed E-state index contributed by atoms with van der Waals surface area (Å²) < 4.78 is 0. The Kier molecular flexibility index (Phi) is 4.98. The third-order valence-corrected chi connectivity index (χ3v) is 1.43. The van der Waals surface area contributed by atoms with Gasteiger partial charge >= 0.3 is 0 Å². The second-order valence-corrected chi connectivity index (χ2v) is 2.19. The fraction of sp³-hybridized carbons (Fsp3) is 0.667. The summed E-state index contributed by atoms with van der Waals surface area (Å²) >= 11 is 0. The summed E-state index contributed by atoms with van der Waals surface area (Å²) in [6.45, 7) is 0. The molecule has 0 rings (SSSR count). The molecule has 0 heterocycles. The van der Waals surface area contributed by atoms with E-state index in [1.54, 1.807) is 7.05 Å². The molecule has 0 aliphatic carbocycles. The fourth-order valence-electron chi connectivity index (χ4n) is 0.731. The van der Waals surface area contributed by atoms with Gasteiger partial charge in [-0.3, -0.25) is 14.8 Å². The van der Waals surface area contributed by atoms with Gasteiger partial charge in [0.15, 0.2) is 0 Å². The molecule has 6 nitrogen and oxygen atoms in total. The molecule has 6 heteroatoms. The second kappa shape index (κ2) is 5.50. The second-order valence-electron chi connectivity index (χ2n) is 2.19. The number of carbonyl (C=O) groups is 2. The van der Waals surface area contributed by atoms with Crippen LogP contribution in [0.15, 0.2) is 0 Å². The molecule has 0 aromatic rings. The van der Waals surface area contributed by atoms with E-state index in [4.69, 9.17) is 5.21 Å². The predicted octanol–water partition coefficient (Wildman–Crippen LogP) is -1.78. The zero-order valence-corrected chi connectivity index (χ0v) is 7.05. The highest BCUT2D eigenvalue weighted by Crippen LogP contribution is 1.90. The molecule has 4 N–H and O–H groups in total. The normalized spacial score (nSPS) is 11.9. The van der Waals surface area contributed by atoms with Gasteiger partial charge in [-0.1, -0.05) is 0 Å². The molecule has 0 aliphatic rings. The average molecular weight is 175 g/mol. The Bertz CT molecular complexity index is 171. The molecular weight excluding hydrogens is 162 g/mol. The number of hydroxylamine groups is 1. The molecule has 0 spiro atoms. The third-order valence-electron chi connectivity index (χ3n) is 1.43. The smallest absolute Gasteiger partial charge is 0.245 e. The number of carbonyl (C=O) groups excluding carboxylic acids is 2. The van der Waals surface area contributed by atoms with Gasteiger partial charge in [-0.05, 0) is 7.05 Å². The molecule has 70 valence electrons. The zero-order valence-electron chi connectivity index (χ0n) is 7.05. The first kappa shape index (κ1) is 10.9. The van der Waals surface area contributed by atoms with E-state index in [9.17, 15) is 9.59 Å². The molecule has 0 bridgehead atoms. The Labute approximate surface area is 70.3 Å². The Morgan fingerprint density at radius 1 is 1.42 bits per heavy atom. The quantitative estimate of drug-likeness (QED) is 0.300. The zero-order chi connectivity index (χ0) is 9.56. The molecule has 0 saturated heterocycles. The van der Waals surface area contributed by atoms with E-state index in [-0.39, 0.29) is 12.3 Å². The maximum atomic E-state index is 11.0. The minimum Gasteiger partial charge on any atom is -0.358 e. The molecule has 12 heavy (non-hydrogen) atoms. The van der Waals surface area contributed by atoms with Gasteiger partial charge in [-0.2, -0.15) is 0 Å². The van der Waals surface area contributed by atoms with Gasteiger partial charge in [0.05, 0.1) is 12.5 Å². The molecule has 0 aliphatic heterocycles. The first-order valence-electron chi connectivity index (χ1n) is 3.47. The van der Waals surface area contributed by atoms with Crippen molar-refractivity contribution in [2.45, 2.75) is 12.5 Å². The molecule has 0 saturated carbocycles. The fourth-order valence-corrected chi connectivity index (χ4v) is 0.731. The van der Waals surface area contributed by atoms with Gasteiger partial charge in [-0.15, -0.1) is 0 Å². The van der Waals surface area contributed by atoms with Crippen molar-refractivity contribution in [1.29, 1.82) is 0 Å². The Morgan fingerprint density at radius 3 is 2.33 bits per heavy atom. The van der Waals surface area contributed by atoms with Gasteiger partial charge in [-0.25, -0.2) is 5.48 Å². The van der Waals surface area contributed by atoms with Crippen LogP contribution >= 0.6 is 0 Å². The molecule has 0 unspecified atom stereocenters. The summed E-state index contributed by atoms with van der Waals surface area (Å²) in [5, 5.41) is 13.2. The lowest BCUT2D eigenvalue weighted by atomic mass is 10.2. The highest BCUT2D eigenvalue weighted by atomic mass is 16.5. The molecule has 2 amide bonds. The van der Waals surface area contributed by atoms with Crippen LogP contribution in [-0.4, -0.2) is 37.2 Å². The highest BCUT2D eigenvalue weighted by molar-refractivity contribution is 5.87. The lowest BCUT2D eigenvalue weighted by Gasteiger charge is -2.12. The molecule has 1 atom stereocenters. The first-order valence-corrected chi connectivity index (χ1v) is 3.47. The average Bonchev–Trinajstić information content (AvgIpc) is 2.12. The van der Waals surface area contributed by atoms with Gasteiger partial charge < -0.3 is 10.6 Å². The largest absolute Gasteiger partial charge is 0.358 e. The number of likely N-dealkylation sites (N-methyl/N-ethyl adjacent to an activating group) is 2. The molecular formula is C6H13N3O3. The van der Waals surface area contributed by atoms with Gasteiger partial charge in [0.25, 0.3) is 0 Å². The predicted molar refractivity (Wildman–Crippen MR) is 41.5 cm³/mol. The van der Waals surface area contributed by atoms with Crippen molar-refractivity contribution in [3.05, 3.63) is 0 Å². The van der Waals surface area contributed by atoms with Crippen molar-refractivity contribution in [2.24, 2.45) is 0 Å². The number of hydrogen-bond donors (Lipinski definition) is 4. The van der Waals surface area contributed by atoms with E-state index in [0.29, 0.717) is 0 Å². The Balaban J connectivity index is 3.99.